The number of nitrogens with two attached hydrogens (primary N) is 1. The van der Waals surface area contributed by atoms with Crippen molar-refractivity contribution in [1.82, 2.24) is 20.1 Å². The van der Waals surface area contributed by atoms with E-state index in [1.807, 2.05) is 24.3 Å². The first kappa shape index (κ1) is 23.1. The van der Waals surface area contributed by atoms with Gasteiger partial charge < -0.3 is 10.6 Å². The van der Waals surface area contributed by atoms with Crippen molar-refractivity contribution in [2.24, 2.45) is 0 Å². The van der Waals surface area contributed by atoms with Crippen molar-refractivity contribution in [3.05, 3.63) is 53.2 Å². The molecule has 1 aromatic carbocycles. The number of hydrogen-bond acceptors (Lipinski definition) is 9. The number of piperazine rings is 1. The lowest BCUT2D eigenvalue weighted by atomic mass is 9.94. The predicted molar refractivity (Wildman–Crippen MR) is 128 cm³/mol. The first-order valence-corrected chi connectivity index (χ1v) is 11.8. The van der Waals surface area contributed by atoms with Crippen LogP contribution in [0.2, 0.25) is 0 Å². The van der Waals surface area contributed by atoms with Crippen LogP contribution in [0.25, 0.3) is 0 Å². The minimum atomic E-state index is -0.815. The third kappa shape index (κ3) is 4.54. The van der Waals surface area contributed by atoms with Crippen molar-refractivity contribution in [3.63, 3.8) is 0 Å². The monoisotopic (exact) mass is 476 g/mol. The number of aldehydes is 1. The molecule has 3 aliphatic heterocycles. The van der Waals surface area contributed by atoms with E-state index < -0.39 is 23.8 Å². The number of piperidine rings is 1. The Bertz CT molecular complexity index is 1160. The number of nitrogens with zero attached hydrogens (tertiary/aromatic N) is 4. The number of benzene rings is 1. The van der Waals surface area contributed by atoms with Gasteiger partial charge in [0.15, 0.2) is 6.29 Å². The third-order valence-electron chi connectivity index (χ3n) is 7.14. The third-order valence-corrected chi connectivity index (χ3v) is 7.14. The summed E-state index contributed by atoms with van der Waals surface area (Å²) >= 11 is 0. The number of pyridine rings is 1. The number of imide groups is 1. The number of rotatable bonds is 6. The molecule has 3 N–H and O–H groups in total. The molecule has 10 nitrogen and oxygen atoms in total. The molecule has 2 aromatic rings. The Morgan fingerprint density at radius 2 is 1.94 bits per heavy atom. The van der Waals surface area contributed by atoms with Crippen LogP contribution in [0.3, 0.4) is 0 Å². The van der Waals surface area contributed by atoms with Crippen LogP contribution in [-0.4, -0.2) is 70.9 Å². The Labute approximate surface area is 203 Å². The largest absolute Gasteiger partial charge is 0.384 e. The number of fused-ring (bicyclic) bond motifs is 1. The maximum atomic E-state index is 12.8. The molecule has 0 spiro atoms. The maximum Gasteiger partial charge on any atom is 0.243 e. The van der Waals surface area contributed by atoms with Crippen molar-refractivity contribution in [2.75, 3.05) is 36.8 Å². The number of Topliss-reactive ketones (excluding diaryl/α,β-unsaturated/α-hetero) is 1. The fraction of sp³-hybridized carbons (Fsp3) is 0.400. The van der Waals surface area contributed by atoms with E-state index in [2.05, 4.69) is 20.1 Å². The number of amides is 2. The number of nitrogen functional groups attached to an aromatic ring is 1. The van der Waals surface area contributed by atoms with Crippen LogP contribution < -0.4 is 16.0 Å². The van der Waals surface area contributed by atoms with Gasteiger partial charge in [0.1, 0.15) is 11.9 Å². The maximum absolute atomic E-state index is 12.8. The van der Waals surface area contributed by atoms with Crippen molar-refractivity contribution in [3.8, 4) is 0 Å². The molecule has 0 saturated carbocycles. The second kappa shape index (κ2) is 9.55. The molecular weight excluding hydrogens is 448 g/mol. The average Bonchev–Trinajstić information content (AvgIpc) is 3.25. The summed E-state index contributed by atoms with van der Waals surface area (Å²) in [4.78, 5) is 59.2. The Balaban J connectivity index is 1.34. The Hall–Kier alpha value is -3.63. The molecule has 1 aromatic heterocycles. The molecule has 182 valence electrons. The second-order valence-corrected chi connectivity index (χ2v) is 9.26. The van der Waals surface area contributed by atoms with Gasteiger partial charge in [0.2, 0.25) is 17.6 Å². The first-order chi connectivity index (χ1) is 16.9. The lowest BCUT2D eigenvalue weighted by Gasteiger charge is -2.36. The Kier molecular flexibility index (Phi) is 6.31. The SMILES string of the molecule is Nc1ccc(N2CCN(Cc3cccc4c3C(C(=O)C=O)N(C3CCC(=O)NC3=O)C4)CC2)cn1. The van der Waals surface area contributed by atoms with Crippen molar-refractivity contribution in [1.29, 1.82) is 0 Å². The van der Waals surface area contributed by atoms with Gasteiger partial charge in [-0.25, -0.2) is 4.98 Å². The fourth-order valence-electron chi connectivity index (χ4n) is 5.40. The number of carbonyl (C=O) groups excluding carboxylic acids is 4. The molecule has 2 unspecified atom stereocenters. The quantitative estimate of drug-likeness (QED) is 0.346. The number of hydrogen-bond donors (Lipinski definition) is 2. The highest BCUT2D eigenvalue weighted by Gasteiger charge is 2.44. The smallest absolute Gasteiger partial charge is 0.243 e. The number of ketones is 1. The first-order valence-electron chi connectivity index (χ1n) is 11.8. The summed E-state index contributed by atoms with van der Waals surface area (Å²) in [5, 5.41) is 2.37. The van der Waals surface area contributed by atoms with Gasteiger partial charge in [-0.1, -0.05) is 18.2 Å². The number of nitrogens with one attached hydrogen (secondary N) is 1. The average molecular weight is 477 g/mol. The molecule has 2 saturated heterocycles. The van der Waals surface area contributed by atoms with Crippen LogP contribution in [0.5, 0.6) is 0 Å². The topological polar surface area (TPSA) is 129 Å². The second-order valence-electron chi connectivity index (χ2n) is 9.26. The van der Waals surface area contributed by atoms with E-state index >= 15 is 0 Å². The lowest BCUT2D eigenvalue weighted by Crippen LogP contribution is -2.52. The fourth-order valence-corrected chi connectivity index (χ4v) is 5.40. The van der Waals surface area contributed by atoms with E-state index in [9.17, 15) is 19.2 Å². The summed E-state index contributed by atoms with van der Waals surface area (Å²) in [6.07, 6.45) is 2.67. The zero-order valence-electron chi connectivity index (χ0n) is 19.4. The van der Waals surface area contributed by atoms with Gasteiger partial charge in [-0.2, -0.15) is 0 Å². The van der Waals surface area contributed by atoms with Crippen LogP contribution in [0.4, 0.5) is 11.5 Å². The van der Waals surface area contributed by atoms with Gasteiger partial charge >= 0.3 is 0 Å². The zero-order chi connectivity index (χ0) is 24.5. The number of aromatic nitrogens is 1. The van der Waals surface area contributed by atoms with Crippen molar-refractivity contribution >= 4 is 35.4 Å². The molecule has 2 amide bonds. The summed E-state index contributed by atoms with van der Waals surface area (Å²) in [5.74, 6) is -0.791. The molecule has 0 bridgehead atoms. The van der Waals surface area contributed by atoms with Crippen LogP contribution in [0.15, 0.2) is 36.5 Å². The molecular formula is C25H28N6O4. The predicted octanol–water partition coefficient (Wildman–Crippen LogP) is 0.416. The van der Waals surface area contributed by atoms with E-state index in [1.165, 1.54) is 0 Å². The summed E-state index contributed by atoms with van der Waals surface area (Å²) in [7, 11) is 0. The van der Waals surface area contributed by atoms with E-state index in [0.29, 0.717) is 31.6 Å². The highest BCUT2D eigenvalue weighted by atomic mass is 16.2. The molecule has 10 heteroatoms. The summed E-state index contributed by atoms with van der Waals surface area (Å²) < 4.78 is 0. The molecule has 0 radical (unpaired) electrons. The minimum absolute atomic E-state index is 0.214. The normalized spacial score (nSPS) is 23.1. The van der Waals surface area contributed by atoms with Crippen LogP contribution in [-0.2, 0) is 32.3 Å². The Morgan fingerprint density at radius 3 is 2.63 bits per heavy atom. The van der Waals surface area contributed by atoms with Gasteiger partial charge in [-0.05, 0) is 35.2 Å². The van der Waals surface area contributed by atoms with Crippen LogP contribution in [0, 0.1) is 0 Å². The summed E-state index contributed by atoms with van der Waals surface area (Å²) in [5.41, 5.74) is 9.48. The van der Waals surface area contributed by atoms with Gasteiger partial charge in [-0.3, -0.25) is 34.3 Å². The minimum Gasteiger partial charge on any atom is -0.384 e. The number of anilines is 2. The molecule has 4 heterocycles. The molecule has 3 aliphatic rings. The van der Waals surface area contributed by atoms with E-state index in [0.717, 1.165) is 48.6 Å². The number of carbonyl (C=O) groups is 4. The zero-order valence-corrected chi connectivity index (χ0v) is 19.4. The van der Waals surface area contributed by atoms with Crippen molar-refractivity contribution < 1.29 is 19.2 Å². The van der Waals surface area contributed by atoms with Gasteiger partial charge in [0.25, 0.3) is 0 Å². The van der Waals surface area contributed by atoms with Crippen LogP contribution in [0.1, 0.15) is 35.6 Å². The van der Waals surface area contributed by atoms with E-state index in [1.54, 1.807) is 17.2 Å². The summed E-state index contributed by atoms with van der Waals surface area (Å²) in [6.45, 7) is 4.36. The van der Waals surface area contributed by atoms with Gasteiger partial charge in [0, 0.05) is 45.7 Å². The molecule has 2 fully saturated rings. The molecule has 2 atom stereocenters. The molecule has 5 rings (SSSR count). The van der Waals surface area contributed by atoms with Gasteiger partial charge in [0.05, 0.1) is 17.9 Å². The molecule has 35 heavy (non-hydrogen) atoms. The lowest BCUT2D eigenvalue weighted by molar-refractivity contribution is -0.141. The highest BCUT2D eigenvalue weighted by Crippen LogP contribution is 2.39. The van der Waals surface area contributed by atoms with Crippen molar-refractivity contribution in [2.45, 2.75) is 38.0 Å². The van der Waals surface area contributed by atoms with Crippen LogP contribution >= 0.6 is 0 Å². The van der Waals surface area contributed by atoms with E-state index in [-0.39, 0.29) is 12.3 Å². The Morgan fingerprint density at radius 1 is 1.14 bits per heavy atom. The van der Waals surface area contributed by atoms with Gasteiger partial charge in [-0.15, -0.1) is 0 Å². The highest BCUT2D eigenvalue weighted by molar-refractivity contribution is 6.27. The molecule has 0 aliphatic carbocycles. The summed E-state index contributed by atoms with van der Waals surface area (Å²) in [6, 6.07) is 8.23. The standard InChI is InChI=1S/C25H28N6O4/c26-21-6-4-18(12-27-21)30-10-8-29(9-11-30)13-16-2-1-3-17-14-31(24(23(16)17)20(33)15-32)19-5-7-22(34)28-25(19)35/h1-4,6,12,15,19,24H,5,7-11,13-14H2,(H2,26,27)(H,28,34,35). The van der Waals surface area contributed by atoms with E-state index in [4.69, 9.17) is 5.73 Å².